The van der Waals surface area contributed by atoms with Gasteiger partial charge in [0.25, 0.3) is 0 Å². The van der Waals surface area contributed by atoms with E-state index in [4.69, 9.17) is 5.41 Å². The Kier molecular flexibility index (Phi) is 1.09. The van der Waals surface area contributed by atoms with Gasteiger partial charge in [0.1, 0.15) is 5.75 Å². The Morgan fingerprint density at radius 1 is 1.27 bits per heavy atom. The fourth-order valence-electron chi connectivity index (χ4n) is 1.20. The standard InChI is InChI=1S/C9H7NO/c10-5-8-7-3-1-6(7)2-4-9(8)11/h1-5,10-11H. The second kappa shape index (κ2) is 1.95. The molecule has 1 aromatic rings. The fraction of sp³-hybridized carbons (Fsp3) is 0. The first-order chi connectivity index (χ1) is 5.33. The highest BCUT2D eigenvalue weighted by molar-refractivity contribution is 5.97. The number of nitrogens with one attached hydrogen (secondary N) is 1. The van der Waals surface area contributed by atoms with Crippen molar-refractivity contribution in [3.8, 4) is 5.75 Å². The molecule has 0 heterocycles. The SMILES string of the molecule is N=Cc1c(O)ccc2c1C=C2. The molecule has 0 radical (unpaired) electrons. The second-order valence-electron chi connectivity index (χ2n) is 2.48. The maximum absolute atomic E-state index is 9.26. The maximum atomic E-state index is 9.26. The Balaban J connectivity index is 2.70. The Morgan fingerprint density at radius 3 is 2.55 bits per heavy atom. The van der Waals surface area contributed by atoms with Crippen molar-refractivity contribution in [2.45, 2.75) is 0 Å². The minimum Gasteiger partial charge on any atom is -0.507 e. The number of rotatable bonds is 1. The number of phenolic OH excluding ortho intramolecular Hbond substituents is 1. The summed E-state index contributed by atoms with van der Waals surface area (Å²) in [4.78, 5) is 0. The molecule has 0 saturated heterocycles. The Hall–Kier alpha value is -1.57. The number of benzene rings is 1. The van der Waals surface area contributed by atoms with Crippen LogP contribution >= 0.6 is 0 Å². The third-order valence-corrected chi connectivity index (χ3v) is 1.87. The third kappa shape index (κ3) is 0.693. The largest absolute Gasteiger partial charge is 0.507 e. The van der Waals surface area contributed by atoms with Crippen molar-refractivity contribution in [1.29, 1.82) is 5.41 Å². The molecule has 0 saturated carbocycles. The maximum Gasteiger partial charge on any atom is 0.124 e. The molecule has 0 amide bonds. The van der Waals surface area contributed by atoms with Gasteiger partial charge in [0, 0.05) is 11.8 Å². The minimum atomic E-state index is 0.183. The van der Waals surface area contributed by atoms with Gasteiger partial charge < -0.3 is 10.5 Å². The summed E-state index contributed by atoms with van der Waals surface area (Å²) in [7, 11) is 0. The molecule has 1 aliphatic rings. The van der Waals surface area contributed by atoms with Crippen LogP contribution in [0.3, 0.4) is 0 Å². The normalized spacial score (nSPS) is 12.0. The van der Waals surface area contributed by atoms with E-state index in [0.717, 1.165) is 11.1 Å². The highest BCUT2D eigenvalue weighted by atomic mass is 16.3. The van der Waals surface area contributed by atoms with Crippen LogP contribution in [0.1, 0.15) is 16.7 Å². The Morgan fingerprint density at radius 2 is 2.09 bits per heavy atom. The predicted octanol–water partition coefficient (Wildman–Crippen LogP) is 1.87. The Bertz CT molecular complexity index is 353. The van der Waals surface area contributed by atoms with Crippen molar-refractivity contribution >= 4 is 18.4 Å². The summed E-state index contributed by atoms with van der Waals surface area (Å²) in [5, 5.41) is 16.3. The lowest BCUT2D eigenvalue weighted by atomic mass is 9.92. The van der Waals surface area contributed by atoms with Crippen LogP contribution in [-0.4, -0.2) is 11.3 Å². The van der Waals surface area contributed by atoms with E-state index in [2.05, 4.69) is 0 Å². The summed E-state index contributed by atoms with van der Waals surface area (Å²) >= 11 is 0. The van der Waals surface area contributed by atoms with Gasteiger partial charge in [-0.3, -0.25) is 0 Å². The van der Waals surface area contributed by atoms with Crippen LogP contribution in [0.5, 0.6) is 5.75 Å². The van der Waals surface area contributed by atoms with Crippen molar-refractivity contribution in [2.24, 2.45) is 0 Å². The fourth-order valence-corrected chi connectivity index (χ4v) is 1.20. The molecule has 2 nitrogen and oxygen atoms in total. The molecular formula is C9H7NO. The van der Waals surface area contributed by atoms with Crippen LogP contribution in [-0.2, 0) is 0 Å². The lowest BCUT2D eigenvalue weighted by molar-refractivity contribution is 0.474. The van der Waals surface area contributed by atoms with Crippen LogP contribution < -0.4 is 0 Å². The van der Waals surface area contributed by atoms with Crippen LogP contribution in [0, 0.1) is 5.41 Å². The van der Waals surface area contributed by atoms with E-state index in [1.807, 2.05) is 18.2 Å². The van der Waals surface area contributed by atoms with Crippen LogP contribution in [0.4, 0.5) is 0 Å². The number of fused-ring (bicyclic) bond motifs is 1. The monoisotopic (exact) mass is 145 g/mol. The molecule has 2 N–H and O–H groups in total. The summed E-state index contributed by atoms with van der Waals surface area (Å²) in [6.45, 7) is 0. The lowest BCUT2D eigenvalue weighted by Gasteiger charge is -2.13. The van der Waals surface area contributed by atoms with Gasteiger partial charge in [-0.05, 0) is 17.2 Å². The summed E-state index contributed by atoms with van der Waals surface area (Å²) in [5.74, 6) is 0.183. The first kappa shape index (κ1) is 6.16. The molecule has 0 bridgehead atoms. The molecule has 1 aromatic carbocycles. The summed E-state index contributed by atoms with van der Waals surface area (Å²) in [6, 6.07) is 3.46. The van der Waals surface area contributed by atoms with Gasteiger partial charge >= 0.3 is 0 Å². The second-order valence-corrected chi connectivity index (χ2v) is 2.48. The number of phenols is 1. The van der Waals surface area contributed by atoms with Crippen molar-refractivity contribution in [2.75, 3.05) is 0 Å². The zero-order valence-corrected chi connectivity index (χ0v) is 5.83. The minimum absolute atomic E-state index is 0.183. The predicted molar refractivity (Wildman–Crippen MR) is 44.9 cm³/mol. The molecule has 54 valence electrons. The van der Waals surface area contributed by atoms with E-state index in [-0.39, 0.29) is 5.75 Å². The summed E-state index contributed by atoms with van der Waals surface area (Å²) in [5.41, 5.74) is 2.69. The molecular weight excluding hydrogens is 138 g/mol. The number of hydrogen-bond donors (Lipinski definition) is 2. The lowest BCUT2D eigenvalue weighted by Crippen LogP contribution is -1.96. The molecule has 0 fully saturated rings. The quantitative estimate of drug-likeness (QED) is 0.591. The Labute approximate surface area is 64.3 Å². The smallest absolute Gasteiger partial charge is 0.124 e. The molecule has 0 unspecified atom stereocenters. The molecule has 0 atom stereocenters. The molecule has 11 heavy (non-hydrogen) atoms. The van der Waals surface area contributed by atoms with Gasteiger partial charge in [0.05, 0.1) is 0 Å². The van der Waals surface area contributed by atoms with E-state index < -0.39 is 0 Å². The van der Waals surface area contributed by atoms with Crippen molar-refractivity contribution < 1.29 is 5.11 Å². The molecule has 0 aromatic heterocycles. The number of aromatic hydroxyl groups is 1. The molecule has 1 aliphatic carbocycles. The van der Waals surface area contributed by atoms with Gasteiger partial charge in [-0.2, -0.15) is 0 Å². The van der Waals surface area contributed by atoms with Gasteiger partial charge in [-0.25, -0.2) is 0 Å². The van der Waals surface area contributed by atoms with E-state index in [9.17, 15) is 5.11 Å². The van der Waals surface area contributed by atoms with Crippen LogP contribution in [0.25, 0.3) is 12.2 Å². The van der Waals surface area contributed by atoms with Gasteiger partial charge in [-0.15, -0.1) is 0 Å². The van der Waals surface area contributed by atoms with Gasteiger partial charge in [0.15, 0.2) is 0 Å². The van der Waals surface area contributed by atoms with Crippen molar-refractivity contribution in [3.05, 3.63) is 28.8 Å². The molecule has 0 aliphatic heterocycles. The average molecular weight is 145 g/mol. The first-order valence-corrected chi connectivity index (χ1v) is 3.37. The summed E-state index contributed by atoms with van der Waals surface area (Å²) in [6.07, 6.45) is 5.04. The van der Waals surface area contributed by atoms with Crippen LogP contribution in [0.15, 0.2) is 12.1 Å². The highest BCUT2D eigenvalue weighted by Crippen LogP contribution is 2.31. The van der Waals surface area contributed by atoms with E-state index in [1.165, 1.54) is 6.21 Å². The third-order valence-electron chi connectivity index (χ3n) is 1.87. The zero-order chi connectivity index (χ0) is 7.84. The zero-order valence-electron chi connectivity index (χ0n) is 5.83. The number of hydrogen-bond acceptors (Lipinski definition) is 2. The van der Waals surface area contributed by atoms with E-state index in [1.54, 1.807) is 6.07 Å². The molecule has 0 spiro atoms. The van der Waals surface area contributed by atoms with Crippen molar-refractivity contribution in [3.63, 3.8) is 0 Å². The summed E-state index contributed by atoms with van der Waals surface area (Å²) < 4.78 is 0. The highest BCUT2D eigenvalue weighted by Gasteiger charge is 2.11. The topological polar surface area (TPSA) is 44.1 Å². The molecule has 2 heteroatoms. The first-order valence-electron chi connectivity index (χ1n) is 3.37. The van der Waals surface area contributed by atoms with E-state index >= 15 is 0 Å². The van der Waals surface area contributed by atoms with E-state index in [0.29, 0.717) is 5.56 Å². The van der Waals surface area contributed by atoms with Gasteiger partial charge in [0.2, 0.25) is 0 Å². The molecule has 2 rings (SSSR count). The average Bonchev–Trinajstić information content (AvgIpc) is 1.95. The van der Waals surface area contributed by atoms with Gasteiger partial charge in [-0.1, -0.05) is 18.2 Å². The van der Waals surface area contributed by atoms with Crippen LogP contribution in [0.2, 0.25) is 0 Å². The van der Waals surface area contributed by atoms with Crippen molar-refractivity contribution in [1.82, 2.24) is 0 Å².